The number of likely N-dealkylation sites (tertiary alicyclic amines) is 1. The van der Waals surface area contributed by atoms with Gasteiger partial charge in [0.05, 0.1) is 0 Å². The molecular weight excluding hydrogens is 348 g/mol. The third kappa shape index (κ3) is 5.43. The minimum Gasteiger partial charge on any atom is -0.490 e. The molecule has 1 aliphatic carbocycles. The number of unbranched alkanes of at least 4 members (excludes halogenated alkanes) is 1. The van der Waals surface area contributed by atoms with E-state index in [-0.39, 0.29) is 12.0 Å². The minimum absolute atomic E-state index is 0.0521. The average molecular weight is 379 g/mol. The van der Waals surface area contributed by atoms with E-state index >= 15 is 0 Å². The zero-order valence-corrected chi connectivity index (χ0v) is 16.3. The largest absolute Gasteiger partial charge is 0.490 e. The summed E-state index contributed by atoms with van der Waals surface area (Å²) in [7, 11) is 0. The van der Waals surface area contributed by atoms with Gasteiger partial charge in [-0.05, 0) is 43.7 Å². The van der Waals surface area contributed by atoms with E-state index in [0.717, 1.165) is 43.7 Å². The maximum atomic E-state index is 13.3. The van der Waals surface area contributed by atoms with Gasteiger partial charge in [0.2, 0.25) is 5.91 Å². The van der Waals surface area contributed by atoms with Crippen LogP contribution in [0.2, 0.25) is 0 Å². The quantitative estimate of drug-likeness (QED) is 0.668. The first kappa shape index (κ1) is 20.1. The molecule has 1 aliphatic heterocycles. The molecule has 0 spiro atoms. The Morgan fingerprint density at radius 3 is 2.41 bits per heavy atom. The fourth-order valence-corrected chi connectivity index (χ4v) is 4.39. The van der Waals surface area contributed by atoms with Crippen LogP contribution in [0.4, 0.5) is 8.78 Å². The molecule has 1 amide bonds. The van der Waals surface area contributed by atoms with Crippen LogP contribution in [-0.2, 0) is 4.79 Å². The van der Waals surface area contributed by atoms with Crippen LogP contribution in [0.1, 0.15) is 64.7 Å². The summed E-state index contributed by atoms with van der Waals surface area (Å²) in [4.78, 5) is 14.8. The van der Waals surface area contributed by atoms with Gasteiger partial charge in [-0.1, -0.05) is 26.2 Å². The summed E-state index contributed by atoms with van der Waals surface area (Å²) >= 11 is 0. The number of benzene rings is 1. The van der Waals surface area contributed by atoms with Crippen LogP contribution < -0.4 is 4.74 Å². The molecule has 1 heterocycles. The van der Waals surface area contributed by atoms with Gasteiger partial charge >= 0.3 is 0 Å². The normalized spacial score (nSPS) is 24.0. The monoisotopic (exact) mass is 379 g/mol. The Morgan fingerprint density at radius 2 is 1.78 bits per heavy atom. The molecule has 0 bridgehead atoms. The molecule has 27 heavy (non-hydrogen) atoms. The van der Waals surface area contributed by atoms with E-state index < -0.39 is 11.6 Å². The van der Waals surface area contributed by atoms with Gasteiger partial charge in [-0.3, -0.25) is 4.79 Å². The zero-order valence-electron chi connectivity index (χ0n) is 16.3. The topological polar surface area (TPSA) is 29.5 Å². The highest BCUT2D eigenvalue weighted by Gasteiger charge is 2.31. The molecule has 0 N–H and O–H groups in total. The molecule has 3 nitrogen and oxygen atoms in total. The Bertz CT molecular complexity index is 621. The van der Waals surface area contributed by atoms with Crippen molar-refractivity contribution in [2.75, 3.05) is 13.1 Å². The first-order valence-corrected chi connectivity index (χ1v) is 10.5. The highest BCUT2D eigenvalue weighted by Crippen LogP contribution is 2.33. The highest BCUT2D eigenvalue weighted by molar-refractivity contribution is 5.79. The van der Waals surface area contributed by atoms with E-state index in [2.05, 4.69) is 6.92 Å². The Morgan fingerprint density at radius 1 is 1.07 bits per heavy atom. The van der Waals surface area contributed by atoms with Crippen molar-refractivity contribution < 1.29 is 18.3 Å². The Hall–Kier alpha value is -1.65. The van der Waals surface area contributed by atoms with E-state index in [4.69, 9.17) is 4.74 Å². The number of hydrogen-bond acceptors (Lipinski definition) is 2. The van der Waals surface area contributed by atoms with Crippen LogP contribution >= 0.6 is 0 Å². The summed E-state index contributed by atoms with van der Waals surface area (Å²) in [6.07, 6.45) is 9.70. The molecule has 2 aliphatic rings. The van der Waals surface area contributed by atoms with Crippen molar-refractivity contribution in [1.82, 2.24) is 4.90 Å². The number of amides is 1. The molecule has 1 aromatic rings. The SMILES string of the molecule is CCCCC1CCC(C(=O)N2CCC(Oc3ccc(F)c(F)c3)CC2)CC1. The number of rotatable bonds is 6. The maximum absolute atomic E-state index is 13.3. The van der Waals surface area contributed by atoms with Crippen LogP contribution in [0.5, 0.6) is 5.75 Å². The third-order valence-electron chi connectivity index (χ3n) is 6.11. The van der Waals surface area contributed by atoms with Gasteiger partial charge in [-0.15, -0.1) is 0 Å². The van der Waals surface area contributed by atoms with E-state index in [1.807, 2.05) is 4.90 Å². The lowest BCUT2D eigenvalue weighted by Gasteiger charge is -2.36. The van der Waals surface area contributed by atoms with Crippen molar-refractivity contribution in [3.05, 3.63) is 29.8 Å². The summed E-state index contributed by atoms with van der Waals surface area (Å²) in [6, 6.07) is 3.62. The molecule has 0 unspecified atom stereocenters. The number of hydrogen-bond donors (Lipinski definition) is 0. The fraction of sp³-hybridized carbons (Fsp3) is 0.682. The van der Waals surface area contributed by atoms with Gasteiger partial charge < -0.3 is 9.64 Å². The van der Waals surface area contributed by atoms with E-state index in [9.17, 15) is 13.6 Å². The van der Waals surface area contributed by atoms with Crippen molar-refractivity contribution in [1.29, 1.82) is 0 Å². The lowest BCUT2D eigenvalue weighted by Crippen LogP contribution is -2.45. The van der Waals surface area contributed by atoms with Gasteiger partial charge in [0, 0.05) is 37.9 Å². The fourth-order valence-electron chi connectivity index (χ4n) is 4.39. The molecule has 0 radical (unpaired) electrons. The van der Waals surface area contributed by atoms with Gasteiger partial charge in [0.25, 0.3) is 0 Å². The van der Waals surface area contributed by atoms with Crippen molar-refractivity contribution in [3.8, 4) is 5.75 Å². The third-order valence-corrected chi connectivity index (χ3v) is 6.11. The first-order chi connectivity index (χ1) is 13.1. The second-order valence-corrected chi connectivity index (χ2v) is 8.08. The van der Waals surface area contributed by atoms with Crippen LogP contribution in [0.15, 0.2) is 18.2 Å². The summed E-state index contributed by atoms with van der Waals surface area (Å²) in [6.45, 7) is 3.60. The van der Waals surface area contributed by atoms with Crippen LogP contribution in [0.25, 0.3) is 0 Å². The summed E-state index contributed by atoms with van der Waals surface area (Å²) in [5.74, 6) is -0.114. The smallest absolute Gasteiger partial charge is 0.225 e. The molecule has 0 aromatic heterocycles. The second-order valence-electron chi connectivity index (χ2n) is 8.08. The van der Waals surface area contributed by atoms with Gasteiger partial charge in [0.1, 0.15) is 11.9 Å². The van der Waals surface area contributed by atoms with Crippen LogP contribution in [-0.4, -0.2) is 30.0 Å². The summed E-state index contributed by atoms with van der Waals surface area (Å²) < 4.78 is 32.1. The molecule has 5 heteroatoms. The van der Waals surface area contributed by atoms with Crippen LogP contribution in [0.3, 0.4) is 0 Å². The molecule has 1 saturated carbocycles. The molecule has 150 valence electrons. The Balaban J connectivity index is 1.42. The standard InChI is InChI=1S/C22H31F2NO2/c1-2-3-4-16-5-7-17(8-6-16)22(26)25-13-11-18(12-14-25)27-19-9-10-20(23)21(24)15-19/h9-10,15-18H,2-8,11-14H2,1H3. The Kier molecular flexibility index (Phi) is 7.08. The second kappa shape index (κ2) is 9.52. The van der Waals surface area contributed by atoms with E-state index in [1.165, 1.54) is 38.2 Å². The number of ether oxygens (including phenoxy) is 1. The summed E-state index contributed by atoms with van der Waals surface area (Å²) in [5.41, 5.74) is 0. The first-order valence-electron chi connectivity index (χ1n) is 10.5. The lowest BCUT2D eigenvalue weighted by atomic mass is 9.79. The van der Waals surface area contributed by atoms with E-state index in [1.54, 1.807) is 0 Å². The number of carbonyl (C=O) groups excluding carboxylic acids is 1. The maximum Gasteiger partial charge on any atom is 0.225 e. The van der Waals surface area contributed by atoms with Crippen molar-refractivity contribution in [2.24, 2.45) is 11.8 Å². The number of nitrogens with zero attached hydrogens (tertiary/aromatic N) is 1. The average Bonchev–Trinajstić information content (AvgIpc) is 2.70. The van der Waals surface area contributed by atoms with Gasteiger partial charge in [-0.2, -0.15) is 0 Å². The lowest BCUT2D eigenvalue weighted by molar-refractivity contribution is -0.138. The molecule has 1 saturated heterocycles. The number of halogens is 2. The highest BCUT2D eigenvalue weighted by atomic mass is 19.2. The van der Waals surface area contributed by atoms with Crippen LogP contribution in [0, 0.1) is 23.5 Å². The van der Waals surface area contributed by atoms with Crippen molar-refractivity contribution in [2.45, 2.75) is 70.8 Å². The summed E-state index contributed by atoms with van der Waals surface area (Å²) in [5, 5.41) is 0. The van der Waals surface area contributed by atoms with E-state index in [0.29, 0.717) is 24.7 Å². The number of carbonyl (C=O) groups is 1. The molecule has 1 aromatic carbocycles. The molecule has 2 fully saturated rings. The minimum atomic E-state index is -0.894. The van der Waals surface area contributed by atoms with Gasteiger partial charge in [-0.25, -0.2) is 8.78 Å². The predicted molar refractivity (Wildman–Crippen MR) is 102 cm³/mol. The molecule has 3 rings (SSSR count). The van der Waals surface area contributed by atoms with Crippen molar-refractivity contribution >= 4 is 5.91 Å². The van der Waals surface area contributed by atoms with Crippen molar-refractivity contribution in [3.63, 3.8) is 0 Å². The van der Waals surface area contributed by atoms with Gasteiger partial charge in [0.15, 0.2) is 11.6 Å². The Labute approximate surface area is 161 Å². The molecule has 0 atom stereocenters. The zero-order chi connectivity index (χ0) is 19.2. The molecular formula is C22H31F2NO2. The predicted octanol–water partition coefficient (Wildman–Crippen LogP) is 5.33. The number of piperidine rings is 1.